The summed E-state index contributed by atoms with van der Waals surface area (Å²) in [6.07, 6.45) is -0.813. The van der Waals surface area contributed by atoms with Gasteiger partial charge in [-0.15, -0.1) is 0 Å². The van der Waals surface area contributed by atoms with E-state index in [0.717, 1.165) is 21.6 Å². The van der Waals surface area contributed by atoms with Gasteiger partial charge in [-0.25, -0.2) is 0 Å². The van der Waals surface area contributed by atoms with E-state index in [2.05, 4.69) is 42.2 Å². The first kappa shape index (κ1) is 59.4. The van der Waals surface area contributed by atoms with Crippen LogP contribution in [0.25, 0.3) is 0 Å². The number of carbonyl (C=O) groups excluding carboxylic acids is 11. The van der Waals surface area contributed by atoms with Gasteiger partial charge in [-0.2, -0.15) is 0 Å². The molecule has 1 aromatic rings. The molecular weight excluding hydrogens is 983 g/mol. The maximum absolute atomic E-state index is 14.5. The number of phenols is 1. The highest BCUT2D eigenvalue weighted by molar-refractivity contribution is 8.76. The summed E-state index contributed by atoms with van der Waals surface area (Å²) in [6.45, 7) is 2.95. The molecule has 2 saturated heterocycles. The number of aliphatic imine (C=N–C) groups is 1. The maximum Gasteiger partial charge on any atom is 0.246 e. The molecule has 72 heavy (non-hydrogen) atoms. The number of amides is 11. The van der Waals surface area contributed by atoms with Crippen LogP contribution in [0.4, 0.5) is 0 Å². The van der Waals surface area contributed by atoms with Crippen molar-refractivity contribution in [2.24, 2.45) is 45.3 Å². The Kier molecular flexibility index (Phi) is 24.3. The second kappa shape index (κ2) is 29.5. The van der Waals surface area contributed by atoms with E-state index in [0.29, 0.717) is 18.4 Å². The van der Waals surface area contributed by atoms with Crippen molar-refractivity contribution in [3.63, 3.8) is 0 Å². The van der Waals surface area contributed by atoms with Crippen molar-refractivity contribution in [2.45, 2.75) is 120 Å². The first-order chi connectivity index (χ1) is 34.0. The smallest absolute Gasteiger partial charge is 0.246 e. The van der Waals surface area contributed by atoms with Gasteiger partial charge in [0, 0.05) is 37.4 Å². The van der Waals surface area contributed by atoms with Crippen molar-refractivity contribution in [2.75, 3.05) is 31.1 Å². The SMILES string of the molecule is CCC(C)C1NC(=O)C(Cc2ccc(O)cc2)NC(=O)C(N)CSSCC(C(=O)N2CCCC2C(=O)NC(CCCN=C(N)N)C(=O)NCC(N)=O)NC(=O)C(CC(N)=O)NC(=O)C(CCC(N)=O)NC1=O. The molecule has 3 rings (SSSR count). The Balaban J connectivity index is 2.04. The number of nitrogens with one attached hydrogen (secondary N) is 7. The number of primary amides is 3. The van der Waals surface area contributed by atoms with Crippen LogP contribution in [0.15, 0.2) is 29.3 Å². The highest BCUT2D eigenvalue weighted by Gasteiger charge is 2.41. The van der Waals surface area contributed by atoms with Gasteiger partial charge in [-0.1, -0.05) is 54.0 Å². The van der Waals surface area contributed by atoms with Gasteiger partial charge in [0.05, 0.1) is 19.0 Å². The summed E-state index contributed by atoms with van der Waals surface area (Å²) in [5.41, 5.74) is 33.7. The number of rotatable bonds is 19. The lowest BCUT2D eigenvalue weighted by Gasteiger charge is -2.31. The number of likely N-dealkylation sites (tertiary alicyclic amines) is 1. The fourth-order valence-corrected chi connectivity index (χ4v) is 9.69. The minimum absolute atomic E-state index is 0.00520. The summed E-state index contributed by atoms with van der Waals surface area (Å²) in [6, 6.07) is -5.40. The van der Waals surface area contributed by atoms with Crippen LogP contribution >= 0.6 is 21.6 Å². The van der Waals surface area contributed by atoms with E-state index in [9.17, 15) is 57.8 Å². The van der Waals surface area contributed by atoms with Gasteiger partial charge in [-0.05, 0) is 55.7 Å². The molecule has 0 bridgehead atoms. The number of nitrogens with two attached hydrogens (primary N) is 6. The number of benzene rings is 1. The molecule has 9 unspecified atom stereocenters. The van der Waals surface area contributed by atoms with Crippen LogP contribution in [0.5, 0.6) is 5.75 Å². The van der Waals surface area contributed by atoms with Crippen LogP contribution in [0.1, 0.15) is 70.8 Å². The quantitative estimate of drug-likeness (QED) is 0.0266. The third-order valence-corrected chi connectivity index (χ3v) is 14.0. The number of carbonyl (C=O) groups is 11. The van der Waals surface area contributed by atoms with Crippen LogP contribution in [0.3, 0.4) is 0 Å². The zero-order valence-corrected chi connectivity index (χ0v) is 41.7. The van der Waals surface area contributed by atoms with Crippen molar-refractivity contribution in [1.29, 1.82) is 0 Å². The fourth-order valence-electron chi connectivity index (χ4n) is 7.41. The van der Waals surface area contributed by atoms with Gasteiger partial charge in [0.2, 0.25) is 65.0 Å². The van der Waals surface area contributed by atoms with E-state index in [4.69, 9.17) is 34.4 Å². The van der Waals surface area contributed by atoms with Crippen LogP contribution < -0.4 is 71.6 Å². The lowest BCUT2D eigenvalue weighted by Crippen LogP contribution is -2.61. The van der Waals surface area contributed by atoms with Crippen LogP contribution in [0, 0.1) is 5.92 Å². The Morgan fingerprint density at radius 1 is 0.806 bits per heavy atom. The number of nitrogens with zero attached hydrogens (tertiary/aromatic N) is 2. The van der Waals surface area contributed by atoms with E-state index < -0.39 is 145 Å². The van der Waals surface area contributed by atoms with Gasteiger partial charge in [0.15, 0.2) is 5.96 Å². The van der Waals surface area contributed by atoms with Gasteiger partial charge >= 0.3 is 0 Å². The predicted octanol–water partition coefficient (Wildman–Crippen LogP) is -5.60. The molecule has 2 fully saturated rings. The van der Waals surface area contributed by atoms with Gasteiger partial charge < -0.3 is 81.6 Å². The second-order valence-corrected chi connectivity index (χ2v) is 19.8. The third-order valence-electron chi connectivity index (χ3n) is 11.5. The Morgan fingerprint density at radius 3 is 2.06 bits per heavy atom. The summed E-state index contributed by atoms with van der Waals surface area (Å²) in [7, 11) is 2.00. The molecular formula is C43H67N15O12S2. The molecule has 0 spiro atoms. The molecule has 27 nitrogen and oxygen atoms in total. The number of phenolic OH excluding ortho intramolecular Hbond substituents is 1. The van der Waals surface area contributed by atoms with Crippen LogP contribution in [0.2, 0.25) is 0 Å². The van der Waals surface area contributed by atoms with E-state index >= 15 is 0 Å². The highest BCUT2D eigenvalue weighted by atomic mass is 33.1. The molecule has 0 aliphatic carbocycles. The lowest BCUT2D eigenvalue weighted by atomic mass is 9.96. The third kappa shape index (κ3) is 19.7. The Bertz CT molecular complexity index is 2170. The molecule has 0 aromatic heterocycles. The van der Waals surface area contributed by atoms with Crippen molar-refractivity contribution in [1.82, 2.24) is 42.1 Å². The summed E-state index contributed by atoms with van der Waals surface area (Å²) in [5, 5.41) is 27.6. The van der Waals surface area contributed by atoms with E-state index in [1.807, 2.05) is 0 Å². The van der Waals surface area contributed by atoms with Crippen molar-refractivity contribution in [3.05, 3.63) is 29.8 Å². The van der Waals surface area contributed by atoms with Crippen LogP contribution in [-0.4, -0.2) is 160 Å². The summed E-state index contributed by atoms with van der Waals surface area (Å²) in [5.74, 6) is -10.9. The first-order valence-corrected chi connectivity index (χ1v) is 25.6. The number of hydrogen-bond donors (Lipinski definition) is 14. The molecule has 2 aliphatic rings. The van der Waals surface area contributed by atoms with Gasteiger partial charge in [0.25, 0.3) is 0 Å². The summed E-state index contributed by atoms with van der Waals surface area (Å²) < 4.78 is 0. The molecule has 2 aliphatic heterocycles. The molecule has 2 heterocycles. The summed E-state index contributed by atoms with van der Waals surface area (Å²) in [4.78, 5) is 152. The minimum atomic E-state index is -1.78. The van der Waals surface area contributed by atoms with Gasteiger partial charge in [-0.3, -0.25) is 57.7 Å². The number of guanidine groups is 1. The molecule has 398 valence electrons. The first-order valence-electron chi connectivity index (χ1n) is 23.1. The molecule has 0 radical (unpaired) electrons. The molecule has 0 saturated carbocycles. The average Bonchev–Trinajstić information content (AvgIpc) is 3.82. The summed E-state index contributed by atoms with van der Waals surface area (Å²) >= 11 is 0. The number of hydrogen-bond acceptors (Lipinski definition) is 16. The average molecular weight is 1050 g/mol. The molecule has 11 amide bonds. The van der Waals surface area contributed by atoms with E-state index in [1.165, 1.54) is 29.2 Å². The van der Waals surface area contributed by atoms with Gasteiger partial charge in [0.1, 0.15) is 48.0 Å². The minimum Gasteiger partial charge on any atom is -0.508 e. The maximum atomic E-state index is 14.5. The molecule has 1 aromatic carbocycles. The van der Waals surface area contributed by atoms with Crippen LogP contribution in [-0.2, 0) is 59.2 Å². The Hall–Kier alpha value is -6.88. The Morgan fingerprint density at radius 2 is 1.43 bits per heavy atom. The fraction of sp³-hybridized carbons (Fsp3) is 0.581. The normalized spacial score (nSPS) is 23.6. The monoisotopic (exact) mass is 1050 g/mol. The molecule has 9 atom stereocenters. The standard InChI is InChI=1S/C43H67N15O12S2/c1-3-21(2)34-41(69)53-26(12-13-31(45)60)37(65)55-28(17-32(46)61)38(66)56-29(20-72-71-19-24(44)35(63)54-27(39(67)57-34)16-22-8-10-23(59)11-9-22)42(70)58-15-5-7-30(58)40(68)52-25(6-4-14-50-43(48)49)36(64)51-18-33(47)62/h8-11,21,24-30,34,59H,3-7,12-20,44H2,1-2H3,(H2,45,60)(H2,46,61)(H2,47,62)(H,51,64)(H,52,68)(H,53,69)(H,54,63)(H,55,65)(H,56,66)(H,57,67)(H4,48,49,50). The second-order valence-electron chi connectivity index (χ2n) is 17.2. The Labute approximate surface area is 423 Å². The number of aromatic hydroxyl groups is 1. The van der Waals surface area contributed by atoms with Crippen molar-refractivity contribution in [3.8, 4) is 5.75 Å². The van der Waals surface area contributed by atoms with E-state index in [-0.39, 0.29) is 62.0 Å². The largest absolute Gasteiger partial charge is 0.508 e. The van der Waals surface area contributed by atoms with Crippen molar-refractivity contribution < 1.29 is 57.8 Å². The van der Waals surface area contributed by atoms with Crippen molar-refractivity contribution >= 4 is 92.5 Å². The highest BCUT2D eigenvalue weighted by Crippen LogP contribution is 2.26. The van der Waals surface area contributed by atoms with E-state index in [1.54, 1.807) is 13.8 Å². The molecule has 29 heteroatoms. The zero-order chi connectivity index (χ0) is 53.7. The molecule has 20 N–H and O–H groups in total. The zero-order valence-electron chi connectivity index (χ0n) is 40.0. The topological polar surface area (TPSA) is 464 Å². The predicted molar refractivity (Wildman–Crippen MR) is 265 cm³/mol. The lowest BCUT2D eigenvalue weighted by molar-refractivity contribution is -0.142.